The summed E-state index contributed by atoms with van der Waals surface area (Å²) in [6.07, 6.45) is -10.1. The van der Waals surface area contributed by atoms with Crippen LogP contribution >= 0.6 is 34.8 Å². The summed E-state index contributed by atoms with van der Waals surface area (Å²) in [5.74, 6) is -5.31. The molecule has 0 aliphatic rings. The summed E-state index contributed by atoms with van der Waals surface area (Å²) in [7, 11) is 0. The van der Waals surface area contributed by atoms with E-state index in [0.29, 0.717) is 11.6 Å². The lowest BCUT2D eigenvalue weighted by Crippen LogP contribution is -2.29. The minimum Gasteiger partial charge on any atom is -0.346 e. The summed E-state index contributed by atoms with van der Waals surface area (Å²) in [5, 5.41) is 1.59. The van der Waals surface area contributed by atoms with E-state index in [0.717, 1.165) is 23.8 Å². The van der Waals surface area contributed by atoms with Crippen LogP contribution in [0.2, 0.25) is 15.1 Å². The van der Waals surface area contributed by atoms with E-state index in [1.807, 2.05) is 6.92 Å². The number of halogens is 10. The van der Waals surface area contributed by atoms with Crippen LogP contribution in [0.4, 0.5) is 30.7 Å². The van der Waals surface area contributed by atoms with Crippen LogP contribution in [0, 0.1) is 6.92 Å². The highest BCUT2D eigenvalue weighted by atomic mass is 35.5. The van der Waals surface area contributed by atoms with E-state index < -0.39 is 58.3 Å². The van der Waals surface area contributed by atoms with Crippen molar-refractivity contribution in [3.63, 3.8) is 0 Å². The fourth-order valence-electron chi connectivity index (χ4n) is 3.72. The summed E-state index contributed by atoms with van der Waals surface area (Å²) in [6.45, 7) is 3.41. The Bertz CT molecular complexity index is 1380. The van der Waals surface area contributed by atoms with Gasteiger partial charge in [-0.1, -0.05) is 70.7 Å². The van der Waals surface area contributed by atoms with Crippen molar-refractivity contribution in [1.82, 2.24) is 5.32 Å². The second-order valence-electron chi connectivity index (χ2n) is 8.70. The third-order valence-corrected chi connectivity index (χ3v) is 7.00. The highest BCUT2D eigenvalue weighted by Crippen LogP contribution is 2.43. The molecule has 1 N–H and O–H groups in total. The van der Waals surface area contributed by atoms with Gasteiger partial charge in [-0.25, -0.2) is 4.39 Å². The number of hydrogen-bond donors (Lipinski definition) is 1. The lowest BCUT2D eigenvalue weighted by atomic mass is 9.95. The van der Waals surface area contributed by atoms with Crippen LogP contribution in [-0.2, 0) is 6.18 Å². The minimum absolute atomic E-state index is 0.102. The molecule has 0 aliphatic carbocycles. The molecular formula is C27H19Cl3F7NO. The first kappa shape index (κ1) is 30.8. The molecule has 0 saturated carbocycles. The van der Waals surface area contributed by atoms with Crippen LogP contribution in [-0.4, -0.2) is 12.1 Å². The normalized spacial score (nSPS) is 14.2. The van der Waals surface area contributed by atoms with Crippen molar-refractivity contribution in [1.29, 1.82) is 0 Å². The quantitative estimate of drug-likeness (QED) is 0.218. The zero-order valence-corrected chi connectivity index (χ0v) is 22.4. The fraction of sp³-hybridized carbons (Fsp3) is 0.222. The number of rotatable bonds is 6. The van der Waals surface area contributed by atoms with Gasteiger partial charge >= 0.3 is 12.4 Å². The number of amides is 1. The number of nitrogens with one attached hydrogen (secondary N) is 1. The van der Waals surface area contributed by atoms with Gasteiger partial charge in [-0.3, -0.25) is 4.79 Å². The maximum absolute atomic E-state index is 15.0. The van der Waals surface area contributed by atoms with E-state index in [1.54, 1.807) is 31.2 Å². The van der Waals surface area contributed by atoms with E-state index in [2.05, 4.69) is 5.32 Å². The third kappa shape index (κ3) is 7.47. The average molecular weight is 613 g/mol. The van der Waals surface area contributed by atoms with Gasteiger partial charge in [-0.05, 0) is 55.3 Å². The SMILES string of the molecule is Cc1ccc([C@@H](C)NC(=O)c2ccc(/C(F)=C/C(c3cc(Cl)c(Cl)c(Cl)c3)C(F)(F)F)cc2C(F)(F)F)cc1. The van der Waals surface area contributed by atoms with Crippen LogP contribution in [0.1, 0.15) is 57.1 Å². The van der Waals surface area contributed by atoms with Gasteiger partial charge in [0.05, 0.1) is 32.2 Å². The predicted molar refractivity (Wildman–Crippen MR) is 138 cm³/mol. The number of allylic oxidation sites excluding steroid dienone is 1. The molecule has 0 aromatic heterocycles. The molecule has 0 heterocycles. The molecule has 0 spiro atoms. The van der Waals surface area contributed by atoms with Crippen molar-refractivity contribution >= 4 is 46.5 Å². The van der Waals surface area contributed by atoms with Gasteiger partial charge in [0.15, 0.2) is 0 Å². The lowest BCUT2D eigenvalue weighted by molar-refractivity contribution is -0.140. The molecule has 3 aromatic carbocycles. The molecular weight excluding hydrogens is 594 g/mol. The molecule has 0 saturated heterocycles. The fourth-order valence-corrected chi connectivity index (χ4v) is 4.33. The second kappa shape index (κ2) is 11.8. The number of benzene rings is 3. The molecule has 0 radical (unpaired) electrons. The first-order chi connectivity index (χ1) is 18.0. The topological polar surface area (TPSA) is 29.1 Å². The lowest BCUT2D eigenvalue weighted by Gasteiger charge is -2.20. The standard InChI is InChI=1S/C27H19Cl3F7NO/c1-13-3-5-15(6-4-13)14(2)38-25(39)18-8-7-16(9-20(18)27(35,36)37)23(31)12-19(26(32,33)34)17-10-21(28)24(30)22(29)11-17/h3-12,14,19H,1-2H3,(H,38,39)/b23-12-/t14-,19?/m1/s1. The third-order valence-electron chi connectivity index (χ3n) is 5.80. The van der Waals surface area contributed by atoms with Gasteiger partial charge in [0.25, 0.3) is 5.91 Å². The Hall–Kier alpha value is -2.75. The molecule has 3 rings (SSSR count). The maximum atomic E-state index is 15.0. The average Bonchev–Trinajstić information content (AvgIpc) is 2.84. The van der Waals surface area contributed by atoms with Crippen LogP contribution in [0.25, 0.3) is 5.83 Å². The molecule has 0 aliphatic heterocycles. The van der Waals surface area contributed by atoms with Gasteiger partial charge in [0, 0.05) is 5.56 Å². The minimum atomic E-state index is -5.11. The van der Waals surface area contributed by atoms with Crippen LogP contribution in [0.15, 0.2) is 60.7 Å². The summed E-state index contributed by atoms with van der Waals surface area (Å²) >= 11 is 17.4. The molecule has 3 aromatic rings. The van der Waals surface area contributed by atoms with Crippen LogP contribution in [0.5, 0.6) is 0 Å². The van der Waals surface area contributed by atoms with E-state index in [1.165, 1.54) is 0 Å². The maximum Gasteiger partial charge on any atom is 0.417 e. The number of alkyl halides is 6. The summed E-state index contributed by atoms with van der Waals surface area (Å²) in [4.78, 5) is 12.7. The molecule has 2 atom stereocenters. The monoisotopic (exact) mass is 611 g/mol. The zero-order valence-electron chi connectivity index (χ0n) is 20.1. The first-order valence-electron chi connectivity index (χ1n) is 11.2. The Kier molecular flexibility index (Phi) is 9.30. The van der Waals surface area contributed by atoms with Crippen molar-refractivity contribution in [2.45, 2.75) is 38.2 Å². The zero-order chi connectivity index (χ0) is 29.3. The Morgan fingerprint density at radius 1 is 0.872 bits per heavy atom. The van der Waals surface area contributed by atoms with Crippen molar-refractivity contribution in [3.8, 4) is 0 Å². The molecule has 0 bridgehead atoms. The van der Waals surface area contributed by atoms with Crippen molar-refractivity contribution in [2.24, 2.45) is 0 Å². The Balaban J connectivity index is 2.00. The predicted octanol–water partition coefficient (Wildman–Crippen LogP) is 10.1. The molecule has 1 amide bonds. The van der Waals surface area contributed by atoms with E-state index >= 15 is 4.39 Å². The van der Waals surface area contributed by atoms with Gasteiger partial charge in [-0.2, -0.15) is 26.3 Å². The Morgan fingerprint density at radius 3 is 1.95 bits per heavy atom. The van der Waals surface area contributed by atoms with E-state index in [9.17, 15) is 31.1 Å². The Labute approximate surface area is 234 Å². The van der Waals surface area contributed by atoms with Gasteiger partial charge in [0.2, 0.25) is 0 Å². The number of carbonyl (C=O) groups excluding carboxylic acids is 1. The Morgan fingerprint density at radius 2 is 1.44 bits per heavy atom. The van der Waals surface area contributed by atoms with Gasteiger partial charge in [0.1, 0.15) is 11.7 Å². The highest BCUT2D eigenvalue weighted by molar-refractivity contribution is 6.48. The largest absolute Gasteiger partial charge is 0.417 e. The summed E-state index contributed by atoms with van der Waals surface area (Å²) < 4.78 is 98.0. The van der Waals surface area contributed by atoms with Crippen LogP contribution in [0.3, 0.4) is 0 Å². The van der Waals surface area contributed by atoms with Crippen molar-refractivity contribution < 1.29 is 35.5 Å². The number of hydrogen-bond acceptors (Lipinski definition) is 1. The second-order valence-corrected chi connectivity index (χ2v) is 9.89. The summed E-state index contributed by atoms with van der Waals surface area (Å²) in [6, 6.07) is 9.73. The molecule has 39 heavy (non-hydrogen) atoms. The van der Waals surface area contributed by atoms with Gasteiger partial charge in [-0.15, -0.1) is 0 Å². The smallest absolute Gasteiger partial charge is 0.346 e. The van der Waals surface area contributed by atoms with Crippen LogP contribution < -0.4 is 5.32 Å². The van der Waals surface area contributed by atoms with Gasteiger partial charge < -0.3 is 5.32 Å². The van der Waals surface area contributed by atoms with Crippen molar-refractivity contribution in [3.05, 3.63) is 109 Å². The molecule has 0 fully saturated rings. The van der Waals surface area contributed by atoms with E-state index in [-0.39, 0.29) is 27.2 Å². The van der Waals surface area contributed by atoms with Crippen molar-refractivity contribution in [2.75, 3.05) is 0 Å². The number of aryl methyl sites for hydroxylation is 1. The summed E-state index contributed by atoms with van der Waals surface area (Å²) in [5.41, 5.74) is -2.15. The molecule has 12 heteroatoms. The molecule has 208 valence electrons. The molecule has 2 nitrogen and oxygen atoms in total. The molecule has 1 unspecified atom stereocenters. The van der Waals surface area contributed by atoms with E-state index in [4.69, 9.17) is 34.8 Å². The highest BCUT2D eigenvalue weighted by Gasteiger charge is 2.41. The number of carbonyl (C=O) groups is 1. The first-order valence-corrected chi connectivity index (χ1v) is 12.3.